The molecule has 112 valence electrons. The van der Waals surface area contributed by atoms with Crippen LogP contribution in [0.3, 0.4) is 0 Å². The van der Waals surface area contributed by atoms with Crippen LogP contribution in [-0.2, 0) is 0 Å². The highest BCUT2D eigenvalue weighted by Crippen LogP contribution is 2.26. The first-order valence-corrected chi connectivity index (χ1v) is 7.51. The quantitative estimate of drug-likeness (QED) is 0.527. The van der Waals surface area contributed by atoms with Crippen LogP contribution in [0.15, 0.2) is 52.1 Å². The number of ketones is 1. The Kier molecular flexibility index (Phi) is 4.11. The molecule has 6 heteroatoms. The molecule has 0 N–H and O–H groups in total. The van der Waals surface area contributed by atoms with Crippen LogP contribution in [0, 0.1) is 5.82 Å². The van der Waals surface area contributed by atoms with Crippen molar-refractivity contribution >= 4 is 28.6 Å². The van der Waals surface area contributed by atoms with Gasteiger partial charge in [0.25, 0.3) is 5.22 Å². The Hall–Kier alpha value is -2.34. The first-order chi connectivity index (χ1) is 10.7. The number of Topliss-reactive ketones (excluding diaryl/α,β-unsaturated/α-hetero) is 1. The number of nitrogens with zero attached hydrogens (tertiary/aromatic N) is 1. The minimum absolute atomic E-state index is 0.0899. The topological polar surface area (TPSA) is 52.3 Å². The Balaban J connectivity index is 1.76. The fraction of sp³-hybridized carbons (Fsp3) is 0.125. The van der Waals surface area contributed by atoms with Crippen LogP contribution >= 0.6 is 11.8 Å². The van der Waals surface area contributed by atoms with Gasteiger partial charge in [0.15, 0.2) is 11.4 Å². The molecule has 0 fully saturated rings. The number of hydrogen-bond acceptors (Lipinski definition) is 5. The first-order valence-electron chi connectivity index (χ1n) is 6.52. The van der Waals surface area contributed by atoms with Gasteiger partial charge in [-0.1, -0.05) is 23.9 Å². The number of halogens is 1. The normalized spacial score (nSPS) is 10.8. The number of carbonyl (C=O) groups is 1. The molecule has 0 unspecified atom stereocenters. The maximum Gasteiger partial charge on any atom is 0.257 e. The number of carbonyl (C=O) groups excluding carboxylic acids is 1. The van der Waals surface area contributed by atoms with Gasteiger partial charge in [-0.25, -0.2) is 9.37 Å². The van der Waals surface area contributed by atoms with E-state index in [1.807, 2.05) is 24.3 Å². The van der Waals surface area contributed by atoms with Crippen LogP contribution in [-0.4, -0.2) is 23.6 Å². The molecule has 3 aromatic rings. The Morgan fingerprint density at radius 1 is 1.32 bits per heavy atom. The van der Waals surface area contributed by atoms with Gasteiger partial charge in [-0.3, -0.25) is 4.79 Å². The molecule has 0 radical (unpaired) electrons. The molecule has 0 aliphatic heterocycles. The van der Waals surface area contributed by atoms with Gasteiger partial charge in [0.2, 0.25) is 0 Å². The van der Waals surface area contributed by atoms with Crippen molar-refractivity contribution in [2.24, 2.45) is 0 Å². The van der Waals surface area contributed by atoms with E-state index in [0.717, 1.165) is 5.52 Å². The smallest absolute Gasteiger partial charge is 0.257 e. The second kappa shape index (κ2) is 6.19. The summed E-state index contributed by atoms with van der Waals surface area (Å²) in [5, 5.41) is 0.407. The van der Waals surface area contributed by atoms with Crippen molar-refractivity contribution in [3.8, 4) is 5.75 Å². The molecule has 2 aromatic carbocycles. The molecule has 1 aromatic heterocycles. The van der Waals surface area contributed by atoms with E-state index in [1.165, 1.54) is 37.1 Å². The standard InChI is InChI=1S/C16H12FNO3S/c1-20-14-7-6-10(17)8-11(14)13(19)9-22-16-18-12-4-2-3-5-15(12)21-16/h2-8H,9H2,1H3. The van der Waals surface area contributed by atoms with Crippen molar-refractivity contribution in [3.63, 3.8) is 0 Å². The molecule has 4 nitrogen and oxygen atoms in total. The number of benzene rings is 2. The predicted octanol–water partition coefficient (Wildman–Crippen LogP) is 3.95. The molecule has 0 aliphatic carbocycles. The van der Waals surface area contributed by atoms with Gasteiger partial charge in [-0.2, -0.15) is 0 Å². The average Bonchev–Trinajstić information content (AvgIpc) is 2.95. The van der Waals surface area contributed by atoms with Crippen molar-refractivity contribution in [1.82, 2.24) is 4.98 Å². The highest BCUT2D eigenvalue weighted by molar-refractivity contribution is 7.99. The zero-order valence-electron chi connectivity index (χ0n) is 11.7. The van der Waals surface area contributed by atoms with Crippen molar-refractivity contribution < 1.29 is 18.3 Å². The number of para-hydroxylation sites is 2. The number of fused-ring (bicyclic) bond motifs is 1. The van der Waals surface area contributed by atoms with Gasteiger partial charge in [0.05, 0.1) is 18.4 Å². The lowest BCUT2D eigenvalue weighted by molar-refractivity contribution is 0.101. The third-order valence-corrected chi connectivity index (χ3v) is 3.89. The Morgan fingerprint density at radius 3 is 2.91 bits per heavy atom. The monoisotopic (exact) mass is 317 g/mol. The SMILES string of the molecule is COc1ccc(F)cc1C(=O)CSc1nc2ccccc2o1. The summed E-state index contributed by atoms with van der Waals surface area (Å²) in [5.41, 5.74) is 1.62. The zero-order chi connectivity index (χ0) is 15.5. The number of hydrogen-bond donors (Lipinski definition) is 0. The summed E-state index contributed by atoms with van der Waals surface area (Å²) in [5.74, 6) is -0.281. The number of ether oxygens (including phenoxy) is 1. The Morgan fingerprint density at radius 2 is 2.14 bits per heavy atom. The molecule has 0 atom stereocenters. The van der Waals surface area contributed by atoms with Crippen LogP contribution in [0.2, 0.25) is 0 Å². The molecule has 0 spiro atoms. The van der Waals surface area contributed by atoms with Crippen molar-refractivity contribution in [2.75, 3.05) is 12.9 Å². The van der Waals surface area contributed by atoms with Gasteiger partial charge in [0.1, 0.15) is 17.1 Å². The number of aromatic nitrogens is 1. The van der Waals surface area contributed by atoms with E-state index >= 15 is 0 Å². The second-order valence-electron chi connectivity index (χ2n) is 4.50. The van der Waals surface area contributed by atoms with E-state index < -0.39 is 5.82 Å². The van der Waals surface area contributed by atoms with E-state index in [-0.39, 0.29) is 17.1 Å². The zero-order valence-corrected chi connectivity index (χ0v) is 12.5. The summed E-state index contributed by atoms with van der Waals surface area (Å²) in [7, 11) is 1.44. The van der Waals surface area contributed by atoms with Gasteiger partial charge < -0.3 is 9.15 Å². The van der Waals surface area contributed by atoms with Gasteiger partial charge in [0, 0.05) is 0 Å². The van der Waals surface area contributed by atoms with Crippen LogP contribution in [0.25, 0.3) is 11.1 Å². The van der Waals surface area contributed by atoms with E-state index in [0.29, 0.717) is 16.6 Å². The third-order valence-electron chi connectivity index (χ3n) is 3.06. The minimum atomic E-state index is -0.476. The lowest BCUT2D eigenvalue weighted by atomic mass is 10.1. The maximum absolute atomic E-state index is 13.3. The summed E-state index contributed by atoms with van der Waals surface area (Å²) in [6.07, 6.45) is 0. The van der Waals surface area contributed by atoms with Gasteiger partial charge >= 0.3 is 0 Å². The molecule has 0 saturated heterocycles. The van der Waals surface area contributed by atoms with Gasteiger partial charge in [-0.15, -0.1) is 0 Å². The first kappa shape index (κ1) is 14.6. The minimum Gasteiger partial charge on any atom is -0.496 e. The van der Waals surface area contributed by atoms with Crippen molar-refractivity contribution in [1.29, 1.82) is 0 Å². The Labute approximate surface area is 130 Å². The van der Waals surface area contributed by atoms with E-state index in [4.69, 9.17) is 9.15 Å². The highest BCUT2D eigenvalue weighted by Gasteiger charge is 2.15. The molecular formula is C16H12FNO3S. The third kappa shape index (κ3) is 2.96. The predicted molar refractivity (Wildman–Crippen MR) is 82.0 cm³/mol. The molecule has 22 heavy (non-hydrogen) atoms. The molecule has 0 bridgehead atoms. The fourth-order valence-corrected chi connectivity index (χ4v) is 2.74. The summed E-state index contributed by atoms with van der Waals surface area (Å²) in [6.45, 7) is 0. The van der Waals surface area contributed by atoms with Gasteiger partial charge in [-0.05, 0) is 30.3 Å². The summed E-state index contributed by atoms with van der Waals surface area (Å²) in [4.78, 5) is 16.5. The molecule has 3 rings (SSSR count). The summed E-state index contributed by atoms with van der Waals surface area (Å²) >= 11 is 1.17. The lowest BCUT2D eigenvalue weighted by Gasteiger charge is -2.06. The number of oxazole rings is 1. The summed E-state index contributed by atoms with van der Waals surface area (Å²) in [6, 6.07) is 11.2. The van der Waals surface area contributed by atoms with Crippen molar-refractivity contribution in [3.05, 3.63) is 53.8 Å². The van der Waals surface area contributed by atoms with Crippen LogP contribution in [0.1, 0.15) is 10.4 Å². The lowest BCUT2D eigenvalue weighted by Crippen LogP contribution is -2.05. The second-order valence-corrected chi connectivity index (χ2v) is 5.43. The average molecular weight is 317 g/mol. The fourth-order valence-electron chi connectivity index (χ4n) is 2.02. The van der Waals surface area contributed by atoms with E-state index in [2.05, 4.69) is 4.98 Å². The molecule has 0 aliphatic rings. The van der Waals surface area contributed by atoms with Crippen LogP contribution in [0.4, 0.5) is 4.39 Å². The highest BCUT2D eigenvalue weighted by atomic mass is 32.2. The molecule has 1 heterocycles. The maximum atomic E-state index is 13.3. The van der Waals surface area contributed by atoms with E-state index in [9.17, 15) is 9.18 Å². The molecule has 0 amide bonds. The number of rotatable bonds is 5. The van der Waals surface area contributed by atoms with E-state index in [1.54, 1.807) is 0 Å². The molecular weight excluding hydrogens is 305 g/mol. The number of thioether (sulfide) groups is 1. The van der Waals surface area contributed by atoms with Crippen LogP contribution in [0.5, 0.6) is 5.75 Å². The number of methoxy groups -OCH3 is 1. The van der Waals surface area contributed by atoms with Crippen molar-refractivity contribution in [2.45, 2.75) is 5.22 Å². The van der Waals surface area contributed by atoms with Crippen LogP contribution < -0.4 is 4.74 Å². The Bertz CT molecular complexity index is 798. The molecule has 0 saturated carbocycles. The largest absolute Gasteiger partial charge is 0.496 e. The summed E-state index contributed by atoms with van der Waals surface area (Å²) < 4.78 is 23.9.